The summed E-state index contributed by atoms with van der Waals surface area (Å²) in [6.07, 6.45) is 1.14. The number of hydrogen-bond donors (Lipinski definition) is 1. The molecule has 0 aliphatic carbocycles. The van der Waals surface area contributed by atoms with Gasteiger partial charge >= 0.3 is 0 Å². The number of halogens is 1. The molecular formula is C12H13ClN2S2. The lowest BCUT2D eigenvalue weighted by Crippen LogP contribution is -1.85. The minimum Gasteiger partial charge on any atom is -0.389 e. The summed E-state index contributed by atoms with van der Waals surface area (Å²) in [4.78, 5) is 4.56. The van der Waals surface area contributed by atoms with Crippen LogP contribution in [0.4, 0.5) is 5.00 Å². The summed E-state index contributed by atoms with van der Waals surface area (Å²) in [6, 6.07) is 7.60. The van der Waals surface area contributed by atoms with Gasteiger partial charge in [-0.25, -0.2) is 4.98 Å². The average molecular weight is 285 g/mol. The molecule has 2 N–H and O–H groups in total. The Hall–Kier alpha value is -0.710. The van der Waals surface area contributed by atoms with Crippen LogP contribution in [0, 0.1) is 0 Å². The normalized spacial score (nSPS) is 10.7. The first kappa shape index (κ1) is 12.7. The number of thioether (sulfide) groups is 1. The monoisotopic (exact) mass is 284 g/mol. The summed E-state index contributed by atoms with van der Waals surface area (Å²) in [7, 11) is 0. The van der Waals surface area contributed by atoms with E-state index in [-0.39, 0.29) is 0 Å². The van der Waals surface area contributed by atoms with Crippen LogP contribution in [0.2, 0.25) is 5.02 Å². The molecule has 0 aliphatic heterocycles. The van der Waals surface area contributed by atoms with E-state index in [9.17, 15) is 0 Å². The number of rotatable bonds is 4. The number of nitrogen functional groups attached to an aromatic ring is 1. The van der Waals surface area contributed by atoms with Crippen molar-refractivity contribution in [3.05, 3.63) is 29.3 Å². The number of anilines is 1. The Balaban J connectivity index is 2.26. The average Bonchev–Trinajstić information content (AvgIpc) is 2.69. The van der Waals surface area contributed by atoms with E-state index < -0.39 is 0 Å². The van der Waals surface area contributed by atoms with Crippen molar-refractivity contribution in [1.29, 1.82) is 0 Å². The lowest BCUT2D eigenvalue weighted by molar-refractivity contribution is 1.10. The Bertz CT molecular complexity index is 494. The molecule has 0 unspecified atom stereocenters. The minimum absolute atomic E-state index is 0.725. The first-order chi connectivity index (χ1) is 8.20. The highest BCUT2D eigenvalue weighted by molar-refractivity contribution is 8.01. The third-order valence-corrected chi connectivity index (χ3v) is 4.67. The van der Waals surface area contributed by atoms with Crippen LogP contribution >= 0.6 is 34.7 Å². The molecule has 0 bridgehead atoms. The highest BCUT2D eigenvalue weighted by atomic mass is 35.5. The van der Waals surface area contributed by atoms with Gasteiger partial charge in [-0.1, -0.05) is 53.8 Å². The molecule has 1 heterocycles. The third kappa shape index (κ3) is 3.15. The van der Waals surface area contributed by atoms with E-state index in [0.29, 0.717) is 0 Å². The summed E-state index contributed by atoms with van der Waals surface area (Å²) >= 11 is 9.16. The Morgan fingerprint density at radius 2 is 2.06 bits per heavy atom. The van der Waals surface area contributed by atoms with E-state index >= 15 is 0 Å². The van der Waals surface area contributed by atoms with Crippen molar-refractivity contribution in [3.8, 4) is 11.3 Å². The molecule has 17 heavy (non-hydrogen) atoms. The van der Waals surface area contributed by atoms with Gasteiger partial charge in [0.05, 0.1) is 0 Å². The molecule has 0 fully saturated rings. The predicted octanol–water partition coefficient (Wildman–Crippen LogP) is 4.55. The molecule has 0 aliphatic rings. The van der Waals surface area contributed by atoms with Crippen molar-refractivity contribution < 1.29 is 0 Å². The van der Waals surface area contributed by atoms with Crippen LogP contribution in [0.15, 0.2) is 28.6 Å². The second-order valence-electron chi connectivity index (χ2n) is 3.55. The molecule has 90 valence electrons. The van der Waals surface area contributed by atoms with Gasteiger partial charge in [-0.3, -0.25) is 0 Å². The molecule has 2 nitrogen and oxygen atoms in total. The summed E-state index contributed by atoms with van der Waals surface area (Å²) in [5.74, 6) is 1.08. The number of benzene rings is 1. The maximum atomic E-state index is 5.99. The van der Waals surface area contributed by atoms with Gasteiger partial charge in [0.1, 0.15) is 10.7 Å². The van der Waals surface area contributed by atoms with Gasteiger partial charge in [-0.2, -0.15) is 0 Å². The van der Waals surface area contributed by atoms with Gasteiger partial charge in [0, 0.05) is 16.3 Å². The molecule has 0 atom stereocenters. The Morgan fingerprint density at radius 1 is 1.35 bits per heavy atom. The second-order valence-corrected chi connectivity index (χ2v) is 6.36. The lowest BCUT2D eigenvalue weighted by Gasteiger charge is -1.98. The van der Waals surface area contributed by atoms with E-state index in [0.717, 1.165) is 37.8 Å². The topological polar surface area (TPSA) is 38.9 Å². The molecule has 0 amide bonds. The third-order valence-electron chi connectivity index (χ3n) is 2.18. The molecular weight excluding hydrogens is 272 g/mol. The zero-order valence-electron chi connectivity index (χ0n) is 9.44. The second kappa shape index (κ2) is 5.76. The predicted molar refractivity (Wildman–Crippen MR) is 78.0 cm³/mol. The molecule has 0 saturated carbocycles. The maximum absolute atomic E-state index is 5.99. The van der Waals surface area contributed by atoms with Crippen molar-refractivity contribution >= 4 is 39.7 Å². The molecule has 1 aromatic carbocycles. The van der Waals surface area contributed by atoms with Gasteiger partial charge in [0.25, 0.3) is 0 Å². The van der Waals surface area contributed by atoms with E-state index in [1.807, 2.05) is 24.3 Å². The van der Waals surface area contributed by atoms with Gasteiger partial charge in [-0.15, -0.1) is 0 Å². The van der Waals surface area contributed by atoms with Crippen molar-refractivity contribution in [3.63, 3.8) is 0 Å². The van der Waals surface area contributed by atoms with Crippen LogP contribution in [0.5, 0.6) is 0 Å². The lowest BCUT2D eigenvalue weighted by atomic mass is 10.2. The van der Waals surface area contributed by atoms with Crippen LogP contribution in [0.1, 0.15) is 13.3 Å². The number of hydrogen-bond acceptors (Lipinski definition) is 4. The minimum atomic E-state index is 0.725. The SMILES string of the molecule is CCCSc1nc(-c2ccc(Cl)cc2)c(N)s1. The largest absolute Gasteiger partial charge is 0.389 e. The van der Waals surface area contributed by atoms with Gasteiger partial charge in [-0.05, 0) is 18.6 Å². The number of nitrogens with zero attached hydrogens (tertiary/aromatic N) is 1. The van der Waals surface area contributed by atoms with Crippen LogP contribution < -0.4 is 5.73 Å². The smallest absolute Gasteiger partial charge is 0.152 e. The molecule has 0 radical (unpaired) electrons. The molecule has 1 aromatic heterocycles. The number of aromatic nitrogens is 1. The van der Waals surface area contributed by atoms with Gasteiger partial charge in [0.2, 0.25) is 0 Å². The van der Waals surface area contributed by atoms with E-state index in [4.69, 9.17) is 17.3 Å². The van der Waals surface area contributed by atoms with Gasteiger partial charge < -0.3 is 5.73 Å². The fourth-order valence-corrected chi connectivity index (χ4v) is 3.38. The number of thiazole rings is 1. The van der Waals surface area contributed by atoms with Crippen molar-refractivity contribution in [2.45, 2.75) is 17.7 Å². The van der Waals surface area contributed by atoms with E-state index in [1.165, 1.54) is 0 Å². The Morgan fingerprint density at radius 3 is 2.71 bits per heavy atom. The quantitative estimate of drug-likeness (QED) is 0.837. The first-order valence-electron chi connectivity index (χ1n) is 5.35. The van der Waals surface area contributed by atoms with Crippen molar-refractivity contribution in [2.75, 3.05) is 11.5 Å². The highest BCUT2D eigenvalue weighted by Crippen LogP contribution is 2.35. The van der Waals surface area contributed by atoms with Crippen LogP contribution in [-0.4, -0.2) is 10.7 Å². The summed E-state index contributed by atoms with van der Waals surface area (Å²) < 4.78 is 1.04. The Labute approximate surface area is 114 Å². The molecule has 0 saturated heterocycles. The fourth-order valence-electron chi connectivity index (χ4n) is 1.38. The van der Waals surface area contributed by atoms with Crippen molar-refractivity contribution in [1.82, 2.24) is 4.98 Å². The highest BCUT2D eigenvalue weighted by Gasteiger charge is 2.10. The van der Waals surface area contributed by atoms with E-state index in [2.05, 4.69) is 11.9 Å². The fraction of sp³-hybridized carbons (Fsp3) is 0.250. The Kier molecular flexibility index (Phi) is 4.31. The maximum Gasteiger partial charge on any atom is 0.152 e. The first-order valence-corrected chi connectivity index (χ1v) is 7.53. The standard InChI is InChI=1S/C12H13ClN2S2/c1-2-7-16-12-15-10(11(14)17-12)8-3-5-9(13)6-4-8/h3-6H,2,7,14H2,1H3. The summed E-state index contributed by atoms with van der Waals surface area (Å²) in [5.41, 5.74) is 7.88. The van der Waals surface area contributed by atoms with Crippen LogP contribution in [0.3, 0.4) is 0 Å². The van der Waals surface area contributed by atoms with Crippen LogP contribution in [-0.2, 0) is 0 Å². The van der Waals surface area contributed by atoms with E-state index in [1.54, 1.807) is 23.1 Å². The molecule has 2 aromatic rings. The van der Waals surface area contributed by atoms with Crippen molar-refractivity contribution in [2.24, 2.45) is 0 Å². The molecule has 5 heteroatoms. The zero-order chi connectivity index (χ0) is 12.3. The van der Waals surface area contributed by atoms with Crippen LogP contribution in [0.25, 0.3) is 11.3 Å². The zero-order valence-corrected chi connectivity index (χ0v) is 11.8. The number of nitrogens with two attached hydrogens (primary N) is 1. The summed E-state index contributed by atoms with van der Waals surface area (Å²) in [6.45, 7) is 2.16. The molecule has 2 rings (SSSR count). The van der Waals surface area contributed by atoms with Gasteiger partial charge in [0.15, 0.2) is 4.34 Å². The molecule has 0 spiro atoms. The summed E-state index contributed by atoms with van der Waals surface area (Å²) in [5, 5.41) is 1.49.